The Balaban J connectivity index is 1.97. The molecular weight excluding hydrogens is 278 g/mol. The summed E-state index contributed by atoms with van der Waals surface area (Å²) in [4.78, 5) is 24.7. The second-order valence-corrected chi connectivity index (χ2v) is 5.82. The Morgan fingerprint density at radius 2 is 1.91 bits per heavy atom. The number of rotatable bonds is 5. The summed E-state index contributed by atoms with van der Waals surface area (Å²) < 4.78 is 0. The minimum absolute atomic E-state index is 0.0904. The quantitative estimate of drug-likeness (QED) is 0.913. The molecule has 0 aliphatic rings. The van der Waals surface area contributed by atoms with Crippen LogP contribution in [0.4, 0.5) is 4.79 Å². The number of aromatic nitrogens is 2. The maximum absolute atomic E-state index is 12.2. The van der Waals surface area contributed by atoms with Crippen molar-refractivity contribution in [1.29, 1.82) is 0 Å². The summed E-state index contributed by atoms with van der Waals surface area (Å²) in [6.45, 7) is 3.22. The molecule has 1 atom stereocenters. The standard InChI is InChI=1S/C16H23N5O/c1-12(10-20(2)3)18-16(22)21(4)11-13-9-17-14-7-5-6-8-15(14)19-13/h5-9,12H,10-11H2,1-4H3,(H,18,22). The van der Waals surface area contributed by atoms with Gasteiger partial charge in [0.25, 0.3) is 0 Å². The highest BCUT2D eigenvalue weighted by molar-refractivity contribution is 5.75. The smallest absolute Gasteiger partial charge is 0.317 e. The summed E-state index contributed by atoms with van der Waals surface area (Å²) in [5.41, 5.74) is 2.48. The lowest BCUT2D eigenvalue weighted by atomic mass is 10.3. The van der Waals surface area contributed by atoms with Crippen LogP contribution in [-0.4, -0.2) is 59.5 Å². The summed E-state index contributed by atoms with van der Waals surface area (Å²) in [5, 5.41) is 2.97. The zero-order valence-electron chi connectivity index (χ0n) is 13.6. The molecule has 0 fully saturated rings. The summed E-state index contributed by atoms with van der Waals surface area (Å²) in [6.07, 6.45) is 1.72. The van der Waals surface area contributed by atoms with Gasteiger partial charge in [0.15, 0.2) is 0 Å². The van der Waals surface area contributed by atoms with E-state index in [1.807, 2.05) is 50.2 Å². The van der Waals surface area contributed by atoms with Crippen molar-refractivity contribution in [1.82, 2.24) is 25.1 Å². The average Bonchev–Trinajstić information content (AvgIpc) is 2.46. The second-order valence-electron chi connectivity index (χ2n) is 5.82. The van der Waals surface area contributed by atoms with Crippen LogP contribution >= 0.6 is 0 Å². The predicted molar refractivity (Wildman–Crippen MR) is 87.6 cm³/mol. The van der Waals surface area contributed by atoms with Gasteiger partial charge in [-0.2, -0.15) is 0 Å². The number of para-hydroxylation sites is 2. The lowest BCUT2D eigenvalue weighted by molar-refractivity contribution is 0.200. The van der Waals surface area contributed by atoms with Crippen molar-refractivity contribution in [2.24, 2.45) is 0 Å². The van der Waals surface area contributed by atoms with E-state index in [0.29, 0.717) is 6.54 Å². The van der Waals surface area contributed by atoms with Gasteiger partial charge in [0, 0.05) is 19.6 Å². The number of nitrogens with zero attached hydrogens (tertiary/aromatic N) is 4. The number of carbonyl (C=O) groups is 1. The molecule has 6 heteroatoms. The Hall–Kier alpha value is -2.21. The van der Waals surface area contributed by atoms with E-state index in [1.165, 1.54) is 0 Å². The number of urea groups is 1. The molecule has 118 valence electrons. The third-order valence-corrected chi connectivity index (χ3v) is 3.25. The normalized spacial score (nSPS) is 12.4. The Labute approximate surface area is 131 Å². The summed E-state index contributed by atoms with van der Waals surface area (Å²) in [5.74, 6) is 0. The van der Waals surface area contributed by atoms with E-state index < -0.39 is 0 Å². The predicted octanol–water partition coefficient (Wildman–Crippen LogP) is 1.72. The number of carbonyl (C=O) groups excluding carboxylic acids is 1. The fourth-order valence-corrected chi connectivity index (χ4v) is 2.30. The van der Waals surface area contributed by atoms with Crippen LogP contribution in [0.5, 0.6) is 0 Å². The first-order valence-corrected chi connectivity index (χ1v) is 7.32. The Morgan fingerprint density at radius 3 is 2.59 bits per heavy atom. The van der Waals surface area contributed by atoms with Gasteiger partial charge in [-0.15, -0.1) is 0 Å². The average molecular weight is 301 g/mol. The van der Waals surface area contributed by atoms with E-state index in [9.17, 15) is 4.79 Å². The molecule has 0 spiro atoms. The monoisotopic (exact) mass is 301 g/mol. The molecule has 0 saturated heterocycles. The molecule has 22 heavy (non-hydrogen) atoms. The highest BCUT2D eigenvalue weighted by Gasteiger charge is 2.13. The minimum Gasteiger partial charge on any atom is -0.334 e. The molecule has 1 aromatic carbocycles. The molecule has 6 nitrogen and oxygen atoms in total. The van der Waals surface area contributed by atoms with Crippen molar-refractivity contribution in [3.8, 4) is 0 Å². The summed E-state index contributed by atoms with van der Waals surface area (Å²) in [6, 6.07) is 7.69. The van der Waals surface area contributed by atoms with E-state index >= 15 is 0 Å². The van der Waals surface area contributed by atoms with Crippen LogP contribution in [0.15, 0.2) is 30.5 Å². The van der Waals surface area contributed by atoms with Gasteiger partial charge in [0.1, 0.15) is 0 Å². The van der Waals surface area contributed by atoms with Gasteiger partial charge >= 0.3 is 6.03 Å². The van der Waals surface area contributed by atoms with E-state index in [4.69, 9.17) is 0 Å². The highest BCUT2D eigenvalue weighted by atomic mass is 16.2. The number of amides is 2. The molecule has 1 heterocycles. The van der Waals surface area contributed by atoms with E-state index in [1.54, 1.807) is 18.1 Å². The first-order valence-electron chi connectivity index (χ1n) is 7.32. The molecule has 0 aliphatic heterocycles. The third-order valence-electron chi connectivity index (χ3n) is 3.25. The van der Waals surface area contributed by atoms with E-state index in [-0.39, 0.29) is 12.1 Å². The Morgan fingerprint density at radius 1 is 1.23 bits per heavy atom. The second kappa shape index (κ2) is 7.17. The largest absolute Gasteiger partial charge is 0.334 e. The van der Waals surface area contributed by atoms with E-state index in [2.05, 4.69) is 15.3 Å². The molecule has 0 aliphatic carbocycles. The molecule has 2 amide bonds. The van der Waals surface area contributed by atoms with E-state index in [0.717, 1.165) is 23.3 Å². The van der Waals surface area contributed by atoms with Gasteiger partial charge in [0.05, 0.1) is 29.5 Å². The lowest BCUT2D eigenvalue weighted by Gasteiger charge is -2.23. The molecule has 1 unspecified atom stereocenters. The molecule has 0 bridgehead atoms. The number of benzene rings is 1. The van der Waals surface area contributed by atoms with Crippen molar-refractivity contribution < 1.29 is 4.79 Å². The van der Waals surface area contributed by atoms with Crippen LogP contribution in [0.3, 0.4) is 0 Å². The third kappa shape index (κ3) is 4.39. The number of fused-ring (bicyclic) bond motifs is 1. The molecule has 0 radical (unpaired) electrons. The zero-order valence-corrected chi connectivity index (χ0v) is 13.6. The first kappa shape index (κ1) is 16.2. The van der Waals surface area contributed by atoms with Gasteiger partial charge in [-0.05, 0) is 33.2 Å². The topological polar surface area (TPSA) is 61.4 Å². The molecule has 1 aromatic heterocycles. The van der Waals surface area contributed by atoms with Crippen LogP contribution < -0.4 is 5.32 Å². The van der Waals surface area contributed by atoms with Crippen molar-refractivity contribution in [2.45, 2.75) is 19.5 Å². The number of nitrogens with one attached hydrogen (secondary N) is 1. The number of hydrogen-bond acceptors (Lipinski definition) is 4. The van der Waals surface area contributed by atoms with Crippen molar-refractivity contribution >= 4 is 17.1 Å². The summed E-state index contributed by atoms with van der Waals surface area (Å²) in [7, 11) is 5.72. The molecule has 2 rings (SSSR count). The van der Waals surface area contributed by atoms with Crippen LogP contribution in [-0.2, 0) is 6.54 Å². The maximum atomic E-state index is 12.2. The lowest BCUT2D eigenvalue weighted by Crippen LogP contribution is -2.45. The van der Waals surface area contributed by atoms with Gasteiger partial charge in [-0.1, -0.05) is 12.1 Å². The van der Waals surface area contributed by atoms with Gasteiger partial charge in [-0.25, -0.2) is 9.78 Å². The van der Waals surface area contributed by atoms with Crippen molar-refractivity contribution in [3.63, 3.8) is 0 Å². The van der Waals surface area contributed by atoms with Crippen molar-refractivity contribution in [3.05, 3.63) is 36.2 Å². The highest BCUT2D eigenvalue weighted by Crippen LogP contribution is 2.09. The first-order chi connectivity index (χ1) is 10.5. The van der Waals surface area contributed by atoms with Crippen LogP contribution in [0, 0.1) is 0 Å². The zero-order chi connectivity index (χ0) is 16.1. The molecule has 2 aromatic rings. The summed E-state index contributed by atoms with van der Waals surface area (Å²) >= 11 is 0. The molecular formula is C16H23N5O. The number of likely N-dealkylation sites (N-methyl/N-ethyl adjacent to an activating group) is 1. The minimum atomic E-state index is -0.107. The van der Waals surface area contributed by atoms with Gasteiger partial charge in [0.2, 0.25) is 0 Å². The SMILES string of the molecule is CC(CN(C)C)NC(=O)N(C)Cc1cnc2ccccc2n1. The fourth-order valence-electron chi connectivity index (χ4n) is 2.30. The van der Waals surface area contributed by atoms with Crippen LogP contribution in [0.2, 0.25) is 0 Å². The fraction of sp³-hybridized carbons (Fsp3) is 0.438. The van der Waals surface area contributed by atoms with Crippen molar-refractivity contribution in [2.75, 3.05) is 27.7 Å². The number of hydrogen-bond donors (Lipinski definition) is 1. The maximum Gasteiger partial charge on any atom is 0.317 e. The Kier molecular flexibility index (Phi) is 5.27. The van der Waals surface area contributed by atoms with Crippen LogP contribution in [0.1, 0.15) is 12.6 Å². The Bertz CT molecular complexity index is 643. The molecule has 0 saturated carbocycles. The van der Waals surface area contributed by atoms with Gasteiger partial charge in [-0.3, -0.25) is 4.98 Å². The van der Waals surface area contributed by atoms with Gasteiger partial charge < -0.3 is 15.1 Å². The molecule has 1 N–H and O–H groups in total. The van der Waals surface area contributed by atoms with Crippen LogP contribution in [0.25, 0.3) is 11.0 Å².